The molecule has 13 heteroatoms. The van der Waals surface area contributed by atoms with E-state index in [2.05, 4.69) is 15.1 Å². The molecule has 46 heavy (non-hydrogen) atoms. The maximum Gasteiger partial charge on any atom is 0.274 e. The van der Waals surface area contributed by atoms with Crippen LogP contribution in [0.2, 0.25) is 0 Å². The molecule has 0 unspecified atom stereocenters. The van der Waals surface area contributed by atoms with Gasteiger partial charge in [0, 0.05) is 55.5 Å². The maximum absolute atomic E-state index is 13.9. The molecule has 3 aromatic carbocycles. The zero-order valence-electron chi connectivity index (χ0n) is 25.5. The Hall–Kier alpha value is -5.04. The molecule has 0 aliphatic carbocycles. The molecule has 1 aliphatic heterocycles. The first-order valence-corrected chi connectivity index (χ1v) is 16.5. The third kappa shape index (κ3) is 5.62. The lowest BCUT2D eigenvalue weighted by Crippen LogP contribution is -2.40. The van der Waals surface area contributed by atoms with E-state index in [1.807, 2.05) is 0 Å². The number of nitrogens with one attached hydrogen (secondary N) is 2. The number of anilines is 1. The largest absolute Gasteiger partial charge is 0.455 e. The van der Waals surface area contributed by atoms with E-state index < -0.39 is 21.7 Å². The number of aromatic nitrogens is 2. The van der Waals surface area contributed by atoms with Crippen LogP contribution in [0.1, 0.15) is 52.1 Å². The molecule has 2 N–H and O–H groups in total. The van der Waals surface area contributed by atoms with Crippen molar-refractivity contribution in [1.29, 1.82) is 0 Å². The van der Waals surface area contributed by atoms with E-state index in [1.54, 1.807) is 41.3 Å². The van der Waals surface area contributed by atoms with Crippen LogP contribution in [0.4, 0.5) is 10.1 Å². The summed E-state index contributed by atoms with van der Waals surface area (Å²) in [6.45, 7) is 2.20. The third-order valence-electron chi connectivity index (χ3n) is 8.37. The number of benzene rings is 3. The van der Waals surface area contributed by atoms with Gasteiger partial charge in [-0.1, -0.05) is 18.2 Å². The first-order chi connectivity index (χ1) is 22.0. The van der Waals surface area contributed by atoms with Gasteiger partial charge in [-0.25, -0.2) is 17.5 Å². The van der Waals surface area contributed by atoms with Gasteiger partial charge in [0.2, 0.25) is 10.0 Å². The summed E-state index contributed by atoms with van der Waals surface area (Å²) in [7, 11) is -0.736. The van der Waals surface area contributed by atoms with Crippen LogP contribution >= 0.6 is 0 Å². The monoisotopic (exact) mass is 645 g/mol. The highest BCUT2D eigenvalue weighted by Gasteiger charge is 2.32. The number of likely N-dealkylation sites (tertiary alicyclic amines) is 1. The van der Waals surface area contributed by atoms with Gasteiger partial charge < -0.3 is 14.6 Å². The number of carbonyl (C=O) groups excluding carboxylic acids is 2. The molecule has 0 radical (unpaired) electrons. The Morgan fingerprint density at radius 2 is 1.78 bits per heavy atom. The van der Waals surface area contributed by atoms with Crippen molar-refractivity contribution in [2.75, 3.05) is 30.6 Å². The number of fused-ring (bicyclic) bond motifs is 2. The summed E-state index contributed by atoms with van der Waals surface area (Å²) in [4.78, 5) is 41.5. The molecule has 0 saturated carbocycles. The zero-order valence-corrected chi connectivity index (χ0v) is 26.3. The van der Waals surface area contributed by atoms with E-state index in [1.165, 1.54) is 45.3 Å². The second-order valence-corrected chi connectivity index (χ2v) is 13.3. The van der Waals surface area contributed by atoms with Crippen LogP contribution < -0.4 is 15.6 Å². The number of furan rings is 1. The number of aryl methyl sites for hydroxylation is 1. The van der Waals surface area contributed by atoms with Crippen LogP contribution in [0.5, 0.6) is 0 Å². The van der Waals surface area contributed by atoms with Gasteiger partial charge in [-0.3, -0.25) is 19.1 Å². The van der Waals surface area contributed by atoms with Gasteiger partial charge in [-0.15, -0.1) is 0 Å². The van der Waals surface area contributed by atoms with Gasteiger partial charge in [0.15, 0.2) is 5.69 Å². The molecule has 2 aromatic heterocycles. The zero-order chi connectivity index (χ0) is 32.7. The van der Waals surface area contributed by atoms with Crippen molar-refractivity contribution in [2.24, 2.45) is 7.05 Å². The van der Waals surface area contributed by atoms with Crippen molar-refractivity contribution in [3.8, 4) is 11.3 Å². The van der Waals surface area contributed by atoms with Crippen LogP contribution in [0, 0.1) is 5.82 Å². The first-order valence-electron chi connectivity index (χ1n) is 14.9. The lowest BCUT2D eigenvalue weighted by atomic mass is 9.88. The first kappa shape index (κ1) is 31.0. The summed E-state index contributed by atoms with van der Waals surface area (Å²) in [6.07, 6.45) is 1.25. The Kier molecular flexibility index (Phi) is 8.11. The highest BCUT2D eigenvalue weighted by atomic mass is 32.2. The topological polar surface area (TPSA) is 144 Å². The number of amides is 2. The van der Waals surface area contributed by atoms with E-state index in [-0.39, 0.29) is 58.0 Å². The molecule has 1 fully saturated rings. The predicted molar refractivity (Wildman–Crippen MR) is 173 cm³/mol. The molecule has 1 saturated heterocycles. The molecule has 1 atom stereocenters. The van der Waals surface area contributed by atoms with Crippen LogP contribution in [-0.4, -0.2) is 60.8 Å². The highest BCUT2D eigenvalue weighted by molar-refractivity contribution is 7.92. The minimum Gasteiger partial charge on any atom is -0.455 e. The van der Waals surface area contributed by atoms with E-state index >= 15 is 0 Å². The van der Waals surface area contributed by atoms with Gasteiger partial charge in [0.25, 0.3) is 17.4 Å². The molecule has 0 spiro atoms. The summed E-state index contributed by atoms with van der Waals surface area (Å²) in [5.41, 5.74) is 1.68. The lowest BCUT2D eigenvalue weighted by molar-refractivity contribution is 0.0701. The lowest BCUT2D eigenvalue weighted by Gasteiger charge is -2.34. The smallest absolute Gasteiger partial charge is 0.274 e. The summed E-state index contributed by atoms with van der Waals surface area (Å²) < 4.78 is 49.3. The maximum atomic E-state index is 13.9. The Bertz CT molecular complexity index is 2180. The number of piperidine rings is 1. The third-order valence-corrected chi connectivity index (χ3v) is 9.66. The number of carbonyl (C=O) groups is 2. The van der Waals surface area contributed by atoms with E-state index in [9.17, 15) is 27.2 Å². The van der Waals surface area contributed by atoms with Crippen LogP contribution in [0.3, 0.4) is 0 Å². The van der Waals surface area contributed by atoms with Crippen molar-refractivity contribution in [3.05, 3.63) is 93.7 Å². The van der Waals surface area contributed by atoms with Crippen LogP contribution in [0.25, 0.3) is 33.1 Å². The van der Waals surface area contributed by atoms with Crippen LogP contribution in [-0.2, 0) is 17.1 Å². The number of rotatable bonds is 7. The molecule has 1 aliphatic rings. The second kappa shape index (κ2) is 12.0. The van der Waals surface area contributed by atoms with Crippen molar-refractivity contribution < 1.29 is 26.8 Å². The van der Waals surface area contributed by atoms with Crippen molar-refractivity contribution in [2.45, 2.75) is 25.7 Å². The normalized spacial score (nSPS) is 15.3. The molecule has 0 bridgehead atoms. The number of halogens is 1. The Balaban J connectivity index is 1.47. The van der Waals surface area contributed by atoms with Gasteiger partial charge in [-0.2, -0.15) is 5.10 Å². The van der Waals surface area contributed by atoms with E-state index in [4.69, 9.17) is 4.42 Å². The van der Waals surface area contributed by atoms with Gasteiger partial charge >= 0.3 is 0 Å². The number of nitrogens with zero attached hydrogens (tertiary/aromatic N) is 3. The molecule has 238 valence electrons. The molecule has 3 heterocycles. The molecule has 2 amide bonds. The fraction of sp³-hybridized carbons (Fsp3) is 0.273. The SMILES string of the molecule is CCS(=O)(=O)Nc1cc2oc(-c3ccc(F)cc3)c(C(=O)NC)c2cc1[C@H]1CCCN(C(=O)c2nn(C)c(=O)c3ccccc23)C1. The van der Waals surface area contributed by atoms with Crippen LogP contribution in [0.15, 0.2) is 69.9 Å². The fourth-order valence-electron chi connectivity index (χ4n) is 6.00. The van der Waals surface area contributed by atoms with E-state index in [0.717, 1.165) is 4.68 Å². The molecular weight excluding hydrogens is 613 g/mol. The number of hydrogen-bond donors (Lipinski definition) is 2. The number of hydrogen-bond acceptors (Lipinski definition) is 7. The molecule has 6 rings (SSSR count). The molecule has 5 aromatic rings. The van der Waals surface area contributed by atoms with Gasteiger partial charge in [0.05, 0.1) is 22.4 Å². The minimum atomic E-state index is -3.73. The second-order valence-electron chi connectivity index (χ2n) is 11.2. The highest BCUT2D eigenvalue weighted by Crippen LogP contribution is 2.41. The summed E-state index contributed by atoms with van der Waals surface area (Å²) in [6, 6.07) is 15.7. The van der Waals surface area contributed by atoms with Gasteiger partial charge in [0.1, 0.15) is 17.2 Å². The van der Waals surface area contributed by atoms with Crippen molar-refractivity contribution in [1.82, 2.24) is 20.0 Å². The molecular formula is C33H32FN5O6S. The fourth-order valence-corrected chi connectivity index (χ4v) is 6.66. The van der Waals surface area contributed by atoms with Crippen molar-refractivity contribution >= 4 is 49.3 Å². The van der Waals surface area contributed by atoms with E-state index in [0.29, 0.717) is 46.7 Å². The Morgan fingerprint density at radius 1 is 1.07 bits per heavy atom. The average Bonchev–Trinajstić information content (AvgIpc) is 3.43. The number of sulfonamides is 1. The average molecular weight is 646 g/mol. The van der Waals surface area contributed by atoms with Crippen molar-refractivity contribution in [3.63, 3.8) is 0 Å². The summed E-state index contributed by atoms with van der Waals surface area (Å²) >= 11 is 0. The predicted octanol–water partition coefficient (Wildman–Crippen LogP) is 4.63. The molecule has 11 nitrogen and oxygen atoms in total. The van der Waals surface area contributed by atoms with Gasteiger partial charge in [-0.05, 0) is 61.7 Å². The minimum absolute atomic E-state index is 0.154. The summed E-state index contributed by atoms with van der Waals surface area (Å²) in [5.74, 6) is -1.51. The summed E-state index contributed by atoms with van der Waals surface area (Å²) in [5, 5.41) is 8.24. The quantitative estimate of drug-likeness (QED) is 0.263. The Morgan fingerprint density at radius 3 is 2.48 bits per heavy atom. The Labute approximate surface area is 264 Å². The standard InChI is InChI=1S/C33H32FN5O6S/c1-4-46(43,44)37-26-17-27-25(28(31(40)35-2)30(45-27)19-11-13-21(34)14-12-19)16-24(26)20-8-7-15-39(18-20)33(42)29-22-9-5-6-10-23(22)32(41)38(3)36-29/h5-6,9-14,16-17,20,37H,4,7-8,15,18H2,1-3H3,(H,35,40)/t20-/m0/s1.